The summed E-state index contributed by atoms with van der Waals surface area (Å²) in [7, 11) is 0. The predicted octanol–water partition coefficient (Wildman–Crippen LogP) is 3.91. The average Bonchev–Trinajstić information content (AvgIpc) is 2.18. The van der Waals surface area contributed by atoms with Gasteiger partial charge < -0.3 is 0 Å². The number of alkyl halides is 3. The summed E-state index contributed by atoms with van der Waals surface area (Å²) in [4.78, 5) is 6.72. The highest BCUT2D eigenvalue weighted by Crippen LogP contribution is 2.31. The van der Waals surface area contributed by atoms with Crippen molar-refractivity contribution in [2.75, 3.05) is 0 Å². The number of aromatic nitrogens is 2. The molecule has 0 aliphatic heterocycles. The number of rotatable bonds is 0. The lowest BCUT2D eigenvalue weighted by atomic mass is 10.2. The van der Waals surface area contributed by atoms with Crippen LogP contribution >= 0.6 is 34.2 Å². The van der Waals surface area contributed by atoms with E-state index >= 15 is 0 Å². The van der Waals surface area contributed by atoms with E-state index in [2.05, 4.69) is 9.97 Å². The SMILES string of the molecule is FC(F)(F)c1nc(Cl)c2cccc(I)c2n1. The van der Waals surface area contributed by atoms with Gasteiger partial charge in [-0.2, -0.15) is 13.2 Å². The van der Waals surface area contributed by atoms with Gasteiger partial charge in [-0.3, -0.25) is 0 Å². The maximum Gasteiger partial charge on any atom is 0.451 e. The Kier molecular flexibility index (Phi) is 2.95. The zero-order chi connectivity index (χ0) is 11.9. The molecule has 1 heterocycles. The van der Waals surface area contributed by atoms with Gasteiger partial charge in [0.2, 0.25) is 5.82 Å². The van der Waals surface area contributed by atoms with Gasteiger partial charge in [-0.15, -0.1) is 0 Å². The van der Waals surface area contributed by atoms with Crippen LogP contribution in [0.4, 0.5) is 13.2 Å². The van der Waals surface area contributed by atoms with Gasteiger partial charge in [-0.05, 0) is 34.7 Å². The van der Waals surface area contributed by atoms with Crippen molar-refractivity contribution in [2.45, 2.75) is 6.18 Å². The van der Waals surface area contributed by atoms with Crippen LogP contribution in [0.25, 0.3) is 10.9 Å². The van der Waals surface area contributed by atoms with E-state index in [0.717, 1.165) is 0 Å². The molecule has 0 fully saturated rings. The van der Waals surface area contributed by atoms with E-state index in [-0.39, 0.29) is 10.7 Å². The quantitative estimate of drug-likeness (QED) is 0.527. The number of hydrogen-bond acceptors (Lipinski definition) is 2. The van der Waals surface area contributed by atoms with E-state index in [9.17, 15) is 13.2 Å². The lowest BCUT2D eigenvalue weighted by Crippen LogP contribution is -2.11. The van der Waals surface area contributed by atoms with Crippen LogP contribution < -0.4 is 0 Å². The molecule has 0 aliphatic rings. The first-order chi connectivity index (χ1) is 7.39. The van der Waals surface area contributed by atoms with Gasteiger partial charge in [0, 0.05) is 8.96 Å². The van der Waals surface area contributed by atoms with Crippen molar-refractivity contribution in [3.63, 3.8) is 0 Å². The number of para-hydroxylation sites is 1. The molecule has 0 saturated carbocycles. The number of halogens is 5. The molecular weight excluding hydrogens is 355 g/mol. The van der Waals surface area contributed by atoms with Crippen molar-refractivity contribution in [1.29, 1.82) is 0 Å². The van der Waals surface area contributed by atoms with Crippen LogP contribution in [0.3, 0.4) is 0 Å². The van der Waals surface area contributed by atoms with Gasteiger partial charge in [0.25, 0.3) is 0 Å². The molecule has 0 radical (unpaired) electrons. The third kappa shape index (κ3) is 2.08. The van der Waals surface area contributed by atoms with Crippen molar-refractivity contribution in [3.05, 3.63) is 32.7 Å². The maximum absolute atomic E-state index is 12.4. The second-order valence-corrected chi connectivity index (χ2v) is 4.49. The van der Waals surface area contributed by atoms with Crippen LogP contribution in [0.1, 0.15) is 5.82 Å². The van der Waals surface area contributed by atoms with Crippen LogP contribution in [0.5, 0.6) is 0 Å². The summed E-state index contributed by atoms with van der Waals surface area (Å²) in [5, 5.41) is 0.234. The Balaban J connectivity index is 2.81. The molecule has 0 unspecified atom stereocenters. The molecule has 0 amide bonds. The Labute approximate surface area is 107 Å². The summed E-state index contributed by atoms with van der Waals surface area (Å²) >= 11 is 7.59. The molecule has 0 aliphatic carbocycles. The highest BCUT2D eigenvalue weighted by Gasteiger charge is 2.35. The fourth-order valence-corrected chi connectivity index (χ4v) is 2.06. The second kappa shape index (κ2) is 3.99. The first-order valence-electron chi connectivity index (χ1n) is 4.08. The molecule has 2 aromatic rings. The minimum absolute atomic E-state index is 0.184. The smallest absolute Gasteiger partial charge is 0.223 e. The van der Waals surface area contributed by atoms with Gasteiger partial charge in [0.1, 0.15) is 5.15 Å². The average molecular weight is 358 g/mol. The van der Waals surface area contributed by atoms with E-state index in [0.29, 0.717) is 8.96 Å². The number of benzene rings is 1. The lowest BCUT2D eigenvalue weighted by molar-refractivity contribution is -0.144. The number of nitrogens with zero attached hydrogens (tertiary/aromatic N) is 2. The largest absolute Gasteiger partial charge is 0.451 e. The van der Waals surface area contributed by atoms with Gasteiger partial charge in [-0.25, -0.2) is 9.97 Å². The van der Waals surface area contributed by atoms with Crippen molar-refractivity contribution >= 4 is 45.1 Å². The summed E-state index contributed by atoms with van der Waals surface area (Å²) < 4.78 is 37.9. The van der Waals surface area contributed by atoms with Crippen molar-refractivity contribution in [2.24, 2.45) is 0 Å². The van der Waals surface area contributed by atoms with Gasteiger partial charge in [0.15, 0.2) is 0 Å². The molecule has 0 saturated heterocycles. The van der Waals surface area contributed by atoms with Gasteiger partial charge in [-0.1, -0.05) is 17.7 Å². The molecule has 1 aromatic heterocycles. The fourth-order valence-electron chi connectivity index (χ4n) is 1.21. The Bertz CT molecular complexity index is 556. The standard InChI is InChI=1S/C9H3ClF3IN2/c10-7-4-2-1-3-5(14)6(4)15-8(16-7)9(11,12)13/h1-3H. The summed E-state index contributed by atoms with van der Waals surface area (Å²) in [5.74, 6) is -1.21. The monoisotopic (exact) mass is 358 g/mol. The van der Waals surface area contributed by atoms with Crippen LogP contribution in [-0.2, 0) is 6.18 Å². The second-order valence-electron chi connectivity index (χ2n) is 2.97. The molecule has 16 heavy (non-hydrogen) atoms. The Morgan fingerprint density at radius 2 is 1.88 bits per heavy atom. The Morgan fingerprint density at radius 1 is 1.19 bits per heavy atom. The summed E-state index contributed by atoms with van der Waals surface area (Å²) in [6.07, 6.45) is -4.59. The molecule has 0 spiro atoms. The van der Waals surface area contributed by atoms with E-state index in [1.807, 2.05) is 22.6 Å². The zero-order valence-electron chi connectivity index (χ0n) is 7.52. The minimum atomic E-state index is -4.59. The maximum atomic E-state index is 12.4. The number of fused-ring (bicyclic) bond motifs is 1. The highest BCUT2D eigenvalue weighted by atomic mass is 127. The van der Waals surface area contributed by atoms with Crippen LogP contribution in [0.15, 0.2) is 18.2 Å². The summed E-state index contributed by atoms with van der Waals surface area (Å²) in [6, 6.07) is 4.93. The Hall–Kier alpha value is -0.630. The summed E-state index contributed by atoms with van der Waals surface area (Å²) in [5.41, 5.74) is 0.218. The summed E-state index contributed by atoms with van der Waals surface area (Å²) in [6.45, 7) is 0. The van der Waals surface area contributed by atoms with Crippen LogP contribution in [-0.4, -0.2) is 9.97 Å². The van der Waals surface area contributed by atoms with Crippen LogP contribution in [0.2, 0.25) is 5.15 Å². The molecule has 0 bridgehead atoms. The van der Waals surface area contributed by atoms with E-state index in [1.54, 1.807) is 18.2 Å². The van der Waals surface area contributed by atoms with E-state index < -0.39 is 12.0 Å². The predicted molar refractivity (Wildman–Crippen MR) is 62.3 cm³/mol. The van der Waals surface area contributed by atoms with Gasteiger partial charge >= 0.3 is 6.18 Å². The molecule has 2 rings (SSSR count). The fraction of sp³-hybridized carbons (Fsp3) is 0.111. The minimum Gasteiger partial charge on any atom is -0.223 e. The third-order valence-electron chi connectivity index (χ3n) is 1.88. The molecule has 0 atom stereocenters. The molecule has 2 nitrogen and oxygen atoms in total. The molecule has 1 aromatic carbocycles. The van der Waals surface area contributed by atoms with Crippen molar-refractivity contribution < 1.29 is 13.2 Å². The third-order valence-corrected chi connectivity index (χ3v) is 3.04. The van der Waals surface area contributed by atoms with Crippen molar-refractivity contribution in [1.82, 2.24) is 9.97 Å². The van der Waals surface area contributed by atoms with Gasteiger partial charge in [0.05, 0.1) is 5.52 Å². The number of hydrogen-bond donors (Lipinski definition) is 0. The first-order valence-corrected chi connectivity index (χ1v) is 5.54. The van der Waals surface area contributed by atoms with Crippen molar-refractivity contribution in [3.8, 4) is 0 Å². The van der Waals surface area contributed by atoms with Crippen LogP contribution in [0, 0.1) is 3.57 Å². The molecule has 0 N–H and O–H groups in total. The topological polar surface area (TPSA) is 25.8 Å². The van der Waals surface area contributed by atoms with E-state index in [1.165, 1.54) is 0 Å². The highest BCUT2D eigenvalue weighted by molar-refractivity contribution is 14.1. The first kappa shape index (κ1) is 11.8. The van der Waals surface area contributed by atoms with E-state index in [4.69, 9.17) is 11.6 Å². The zero-order valence-corrected chi connectivity index (χ0v) is 10.4. The Morgan fingerprint density at radius 3 is 2.50 bits per heavy atom. The molecule has 7 heteroatoms. The normalized spacial score (nSPS) is 12.1. The molecule has 84 valence electrons. The molecular formula is C9H3ClF3IN2. The lowest BCUT2D eigenvalue weighted by Gasteiger charge is -2.07.